The van der Waals surface area contributed by atoms with Crippen LogP contribution in [0.4, 0.5) is 16.9 Å². The fraction of sp³-hybridized carbons (Fsp3) is 0. The molecule has 5 nitrogen and oxygen atoms in total. The Labute approximate surface area is 95.3 Å². The van der Waals surface area contributed by atoms with Crippen molar-refractivity contribution in [2.45, 2.75) is 0 Å². The Kier molecular flexibility index (Phi) is 2.00. The van der Waals surface area contributed by atoms with Crippen molar-refractivity contribution in [3.8, 4) is 0 Å². The Balaban J connectivity index is 1.95. The van der Waals surface area contributed by atoms with Gasteiger partial charge in [0.05, 0.1) is 16.4 Å². The lowest BCUT2D eigenvalue weighted by atomic mass is 10.3. The minimum Gasteiger partial charge on any atom is -0.384 e. The number of para-hydroxylation sites is 1. The average molecular weight is 231 g/mol. The largest absolute Gasteiger partial charge is 0.384 e. The van der Waals surface area contributed by atoms with Gasteiger partial charge < -0.3 is 16.0 Å². The van der Waals surface area contributed by atoms with E-state index < -0.39 is 0 Å². The lowest BCUT2D eigenvalue weighted by Gasteiger charge is -1.94. The molecule has 6 heteroatoms. The number of nitrogens with one attached hydrogen (secondary N) is 2. The second kappa shape index (κ2) is 3.49. The Hall–Kier alpha value is -2.08. The molecule has 0 aliphatic heterocycles. The van der Waals surface area contributed by atoms with Gasteiger partial charge in [-0.25, -0.2) is 9.97 Å². The van der Waals surface area contributed by atoms with E-state index in [1.54, 1.807) is 17.5 Å². The van der Waals surface area contributed by atoms with Gasteiger partial charge in [0.25, 0.3) is 0 Å². The molecule has 3 rings (SSSR count). The summed E-state index contributed by atoms with van der Waals surface area (Å²) in [5.41, 5.74) is 6.51. The zero-order valence-corrected chi connectivity index (χ0v) is 9.08. The molecule has 0 radical (unpaired) electrons. The van der Waals surface area contributed by atoms with Crippen molar-refractivity contribution in [2.24, 2.45) is 0 Å². The lowest BCUT2D eigenvalue weighted by Crippen LogP contribution is -1.91. The van der Waals surface area contributed by atoms with E-state index in [1.165, 1.54) is 0 Å². The quantitative estimate of drug-likeness (QED) is 0.632. The first-order chi connectivity index (χ1) is 7.81. The number of benzene rings is 1. The molecule has 1 aromatic carbocycles. The molecule has 0 unspecified atom stereocenters. The standard InChI is InChI=1S/C10H9N5S/c11-8-5-12-9(14-8)15-10-13-6-3-1-2-4-7(6)16-10/h1-5H,11H2,(H2,12,13,14,15). The number of imidazole rings is 1. The van der Waals surface area contributed by atoms with Crippen molar-refractivity contribution >= 4 is 38.5 Å². The molecular weight excluding hydrogens is 222 g/mol. The maximum Gasteiger partial charge on any atom is 0.208 e. The van der Waals surface area contributed by atoms with E-state index in [4.69, 9.17) is 5.73 Å². The fourth-order valence-corrected chi connectivity index (χ4v) is 2.29. The Morgan fingerprint density at radius 2 is 2.19 bits per heavy atom. The predicted octanol–water partition coefficient (Wildman–Crippen LogP) is 2.35. The summed E-state index contributed by atoms with van der Waals surface area (Å²) >= 11 is 1.58. The molecule has 3 aromatic rings. The number of hydrogen-bond acceptors (Lipinski definition) is 5. The van der Waals surface area contributed by atoms with Crippen LogP contribution in [0.25, 0.3) is 10.2 Å². The number of nitrogen functional groups attached to an aromatic ring is 1. The van der Waals surface area contributed by atoms with Gasteiger partial charge in [0.2, 0.25) is 5.95 Å². The van der Waals surface area contributed by atoms with Crippen molar-refractivity contribution in [2.75, 3.05) is 11.1 Å². The van der Waals surface area contributed by atoms with E-state index in [0.717, 1.165) is 15.3 Å². The van der Waals surface area contributed by atoms with Gasteiger partial charge in [-0.05, 0) is 12.1 Å². The zero-order chi connectivity index (χ0) is 11.0. The maximum absolute atomic E-state index is 5.53. The first-order valence-electron chi connectivity index (χ1n) is 4.74. The summed E-state index contributed by atoms with van der Waals surface area (Å²) in [7, 11) is 0. The van der Waals surface area contributed by atoms with Gasteiger partial charge in [-0.3, -0.25) is 0 Å². The highest BCUT2D eigenvalue weighted by molar-refractivity contribution is 7.22. The predicted molar refractivity (Wildman–Crippen MR) is 65.9 cm³/mol. The number of nitrogens with two attached hydrogens (primary N) is 1. The minimum atomic E-state index is 0.531. The number of nitrogens with zero attached hydrogens (tertiary/aromatic N) is 2. The summed E-state index contributed by atoms with van der Waals surface area (Å²) in [6.07, 6.45) is 1.57. The molecule has 0 saturated carbocycles. The van der Waals surface area contributed by atoms with Crippen LogP contribution in [-0.2, 0) is 0 Å². The average Bonchev–Trinajstić information content (AvgIpc) is 2.84. The van der Waals surface area contributed by atoms with E-state index in [1.807, 2.05) is 24.3 Å². The van der Waals surface area contributed by atoms with Crippen molar-refractivity contribution in [3.05, 3.63) is 30.5 Å². The van der Waals surface area contributed by atoms with Gasteiger partial charge in [0.1, 0.15) is 5.82 Å². The first kappa shape index (κ1) is 9.17. The Morgan fingerprint density at radius 1 is 1.31 bits per heavy atom. The van der Waals surface area contributed by atoms with Crippen LogP contribution in [0.1, 0.15) is 0 Å². The summed E-state index contributed by atoms with van der Waals surface area (Å²) in [5.74, 6) is 1.14. The van der Waals surface area contributed by atoms with E-state index in [2.05, 4.69) is 20.3 Å². The van der Waals surface area contributed by atoms with Crippen LogP contribution in [0.15, 0.2) is 30.5 Å². The molecule has 0 spiro atoms. The van der Waals surface area contributed by atoms with Crippen LogP contribution in [-0.4, -0.2) is 15.0 Å². The number of hydrogen-bond donors (Lipinski definition) is 3. The third-order valence-electron chi connectivity index (χ3n) is 2.11. The molecule has 0 amide bonds. The Morgan fingerprint density at radius 3 is 2.94 bits per heavy atom. The third kappa shape index (κ3) is 1.59. The number of rotatable bonds is 2. The normalized spacial score (nSPS) is 10.8. The summed E-state index contributed by atoms with van der Waals surface area (Å²) in [6, 6.07) is 7.98. The molecule has 0 fully saturated rings. The van der Waals surface area contributed by atoms with E-state index in [-0.39, 0.29) is 0 Å². The van der Waals surface area contributed by atoms with E-state index >= 15 is 0 Å². The number of H-pyrrole nitrogens is 1. The second-order valence-electron chi connectivity index (χ2n) is 3.30. The molecule has 0 aliphatic carbocycles. The fourth-order valence-electron chi connectivity index (χ4n) is 1.43. The van der Waals surface area contributed by atoms with Gasteiger partial charge in [-0.2, -0.15) is 0 Å². The van der Waals surface area contributed by atoms with Crippen molar-refractivity contribution < 1.29 is 0 Å². The smallest absolute Gasteiger partial charge is 0.208 e. The van der Waals surface area contributed by atoms with Crippen molar-refractivity contribution in [1.29, 1.82) is 0 Å². The molecule has 2 aromatic heterocycles. The van der Waals surface area contributed by atoms with Crippen LogP contribution in [0, 0.1) is 0 Å². The highest BCUT2D eigenvalue weighted by atomic mass is 32.1. The molecule has 2 heterocycles. The summed E-state index contributed by atoms with van der Waals surface area (Å²) in [5, 5.41) is 3.88. The summed E-state index contributed by atoms with van der Waals surface area (Å²) < 4.78 is 1.14. The molecule has 4 N–H and O–H groups in total. The van der Waals surface area contributed by atoms with Gasteiger partial charge in [0, 0.05) is 0 Å². The van der Waals surface area contributed by atoms with Gasteiger partial charge in [-0.15, -0.1) is 0 Å². The van der Waals surface area contributed by atoms with Gasteiger partial charge in [-0.1, -0.05) is 23.5 Å². The number of aromatic amines is 1. The highest BCUT2D eigenvalue weighted by Gasteiger charge is 2.04. The second-order valence-corrected chi connectivity index (χ2v) is 4.33. The number of anilines is 3. The number of aromatic nitrogens is 3. The summed E-state index contributed by atoms with van der Waals surface area (Å²) in [6.45, 7) is 0. The summed E-state index contributed by atoms with van der Waals surface area (Å²) in [4.78, 5) is 11.4. The monoisotopic (exact) mass is 231 g/mol. The topological polar surface area (TPSA) is 79.6 Å². The van der Waals surface area contributed by atoms with E-state index in [0.29, 0.717) is 11.8 Å². The molecule has 0 aliphatic rings. The van der Waals surface area contributed by atoms with Crippen LogP contribution >= 0.6 is 11.3 Å². The SMILES string of the molecule is Nc1cnc(Nc2nc3ccccc3s2)[nH]1. The van der Waals surface area contributed by atoms with Crippen LogP contribution in [0.5, 0.6) is 0 Å². The van der Waals surface area contributed by atoms with Crippen LogP contribution in [0.2, 0.25) is 0 Å². The molecule has 0 atom stereocenters. The lowest BCUT2D eigenvalue weighted by molar-refractivity contribution is 1.28. The third-order valence-corrected chi connectivity index (χ3v) is 3.07. The minimum absolute atomic E-state index is 0.531. The number of thiazole rings is 1. The number of fused-ring (bicyclic) bond motifs is 1. The molecular formula is C10H9N5S. The van der Waals surface area contributed by atoms with Crippen LogP contribution < -0.4 is 11.1 Å². The van der Waals surface area contributed by atoms with Crippen LogP contribution in [0.3, 0.4) is 0 Å². The first-order valence-corrected chi connectivity index (χ1v) is 5.56. The molecule has 16 heavy (non-hydrogen) atoms. The van der Waals surface area contributed by atoms with Crippen molar-refractivity contribution in [3.63, 3.8) is 0 Å². The molecule has 80 valence electrons. The zero-order valence-electron chi connectivity index (χ0n) is 8.27. The maximum atomic E-state index is 5.53. The highest BCUT2D eigenvalue weighted by Crippen LogP contribution is 2.27. The van der Waals surface area contributed by atoms with Crippen molar-refractivity contribution in [1.82, 2.24) is 15.0 Å². The van der Waals surface area contributed by atoms with E-state index in [9.17, 15) is 0 Å². The molecule has 0 bridgehead atoms. The molecule has 0 saturated heterocycles. The van der Waals surface area contributed by atoms with Gasteiger partial charge in [0.15, 0.2) is 5.13 Å². The Bertz CT molecular complexity index is 594. The van der Waals surface area contributed by atoms with Gasteiger partial charge >= 0.3 is 0 Å².